The zero-order valence-electron chi connectivity index (χ0n) is 12.9. The van der Waals surface area contributed by atoms with Crippen molar-refractivity contribution in [1.29, 1.82) is 0 Å². The van der Waals surface area contributed by atoms with Crippen LogP contribution < -0.4 is 15.4 Å². The van der Waals surface area contributed by atoms with E-state index in [4.69, 9.17) is 9.47 Å². The highest BCUT2D eigenvalue weighted by Crippen LogP contribution is 2.30. The molecule has 1 aromatic carbocycles. The second-order valence-corrected chi connectivity index (χ2v) is 5.95. The standard InChI is InChI=1S/C17H26N2O2/c1-2-14-12-19-16-10-13(5-6-17(16)21-14)7-8-18-11-15-4-3-9-20-15/h5-6,10,14-15,18-19H,2-4,7-9,11-12H2,1H3. The van der Waals surface area contributed by atoms with Gasteiger partial charge in [-0.3, -0.25) is 0 Å². The summed E-state index contributed by atoms with van der Waals surface area (Å²) in [6.07, 6.45) is 5.22. The smallest absolute Gasteiger partial charge is 0.142 e. The van der Waals surface area contributed by atoms with E-state index in [1.54, 1.807) is 0 Å². The van der Waals surface area contributed by atoms with Crippen LogP contribution in [0.1, 0.15) is 31.7 Å². The molecule has 2 aliphatic heterocycles. The minimum absolute atomic E-state index is 0.302. The van der Waals surface area contributed by atoms with Gasteiger partial charge in [0.2, 0.25) is 0 Å². The van der Waals surface area contributed by atoms with E-state index < -0.39 is 0 Å². The molecule has 0 bridgehead atoms. The van der Waals surface area contributed by atoms with E-state index >= 15 is 0 Å². The molecule has 2 heterocycles. The summed E-state index contributed by atoms with van der Waals surface area (Å²) >= 11 is 0. The van der Waals surface area contributed by atoms with Crippen molar-refractivity contribution in [3.05, 3.63) is 23.8 Å². The van der Waals surface area contributed by atoms with Crippen LogP contribution in [0.3, 0.4) is 0 Å². The molecule has 0 spiro atoms. The number of nitrogens with one attached hydrogen (secondary N) is 2. The fourth-order valence-electron chi connectivity index (χ4n) is 2.95. The predicted molar refractivity (Wildman–Crippen MR) is 85.2 cm³/mol. The maximum absolute atomic E-state index is 5.93. The van der Waals surface area contributed by atoms with Crippen molar-refractivity contribution in [3.8, 4) is 5.75 Å². The summed E-state index contributed by atoms with van der Waals surface area (Å²) in [5, 5.41) is 6.97. The maximum Gasteiger partial charge on any atom is 0.142 e. The summed E-state index contributed by atoms with van der Waals surface area (Å²) < 4.78 is 11.5. The number of benzene rings is 1. The Hall–Kier alpha value is -1.26. The molecule has 0 aromatic heterocycles. The molecule has 3 rings (SSSR count). The lowest BCUT2D eigenvalue weighted by molar-refractivity contribution is 0.110. The third-order valence-corrected chi connectivity index (χ3v) is 4.30. The van der Waals surface area contributed by atoms with Crippen LogP contribution in [0.2, 0.25) is 0 Å². The van der Waals surface area contributed by atoms with Gasteiger partial charge in [-0.2, -0.15) is 0 Å². The van der Waals surface area contributed by atoms with Gasteiger partial charge in [0.1, 0.15) is 11.9 Å². The first-order chi connectivity index (χ1) is 10.3. The molecule has 2 atom stereocenters. The van der Waals surface area contributed by atoms with E-state index in [0.29, 0.717) is 12.2 Å². The van der Waals surface area contributed by atoms with Crippen molar-refractivity contribution < 1.29 is 9.47 Å². The Morgan fingerprint density at radius 2 is 2.29 bits per heavy atom. The van der Waals surface area contributed by atoms with Gasteiger partial charge in [0.15, 0.2) is 0 Å². The fraction of sp³-hybridized carbons (Fsp3) is 0.647. The van der Waals surface area contributed by atoms with Crippen molar-refractivity contribution in [2.24, 2.45) is 0 Å². The highest BCUT2D eigenvalue weighted by atomic mass is 16.5. The summed E-state index contributed by atoms with van der Waals surface area (Å²) in [7, 11) is 0. The normalized spacial score (nSPS) is 24.2. The largest absolute Gasteiger partial charge is 0.486 e. The molecule has 1 fully saturated rings. The van der Waals surface area contributed by atoms with Crippen molar-refractivity contribution in [2.75, 3.05) is 31.6 Å². The summed E-state index contributed by atoms with van der Waals surface area (Å²) in [5.74, 6) is 0.990. The number of hydrogen-bond acceptors (Lipinski definition) is 4. The molecule has 1 saturated heterocycles. The van der Waals surface area contributed by atoms with Crippen LogP contribution in [0.25, 0.3) is 0 Å². The molecule has 0 amide bonds. The molecule has 116 valence electrons. The molecule has 2 N–H and O–H groups in total. The Bertz CT molecular complexity index is 458. The minimum Gasteiger partial charge on any atom is -0.486 e. The van der Waals surface area contributed by atoms with Gasteiger partial charge in [-0.1, -0.05) is 13.0 Å². The highest BCUT2D eigenvalue weighted by Gasteiger charge is 2.18. The van der Waals surface area contributed by atoms with Crippen molar-refractivity contribution in [3.63, 3.8) is 0 Å². The average Bonchev–Trinajstić information content (AvgIpc) is 3.04. The second kappa shape index (κ2) is 7.14. The van der Waals surface area contributed by atoms with Gasteiger partial charge in [0.25, 0.3) is 0 Å². The molecule has 21 heavy (non-hydrogen) atoms. The lowest BCUT2D eigenvalue weighted by atomic mass is 10.1. The molecule has 4 nitrogen and oxygen atoms in total. The Morgan fingerprint density at radius 1 is 1.33 bits per heavy atom. The van der Waals surface area contributed by atoms with Crippen LogP contribution in [-0.4, -0.2) is 38.4 Å². The first-order valence-corrected chi connectivity index (χ1v) is 8.21. The van der Waals surface area contributed by atoms with E-state index in [9.17, 15) is 0 Å². The van der Waals surface area contributed by atoms with Gasteiger partial charge >= 0.3 is 0 Å². The molecule has 2 unspecified atom stereocenters. The number of rotatable bonds is 6. The van der Waals surface area contributed by atoms with Crippen LogP contribution in [0.4, 0.5) is 5.69 Å². The first-order valence-electron chi connectivity index (χ1n) is 8.21. The maximum atomic E-state index is 5.93. The van der Waals surface area contributed by atoms with E-state index in [1.165, 1.54) is 18.4 Å². The summed E-state index contributed by atoms with van der Waals surface area (Å²) in [6, 6.07) is 6.49. The molecular formula is C17H26N2O2. The van der Waals surface area contributed by atoms with Crippen LogP contribution in [0.15, 0.2) is 18.2 Å². The predicted octanol–water partition coefficient (Wildman–Crippen LogP) is 2.58. The van der Waals surface area contributed by atoms with E-state index in [2.05, 4.69) is 35.8 Å². The summed E-state index contributed by atoms with van der Waals surface area (Å²) in [6.45, 7) is 5.97. The SMILES string of the molecule is CCC1CNc2cc(CCNCC3CCCO3)ccc2O1. The zero-order valence-corrected chi connectivity index (χ0v) is 12.9. The monoisotopic (exact) mass is 290 g/mol. The van der Waals surface area contributed by atoms with Crippen LogP contribution in [-0.2, 0) is 11.2 Å². The summed E-state index contributed by atoms with van der Waals surface area (Å²) in [4.78, 5) is 0. The van der Waals surface area contributed by atoms with Crippen molar-refractivity contribution >= 4 is 5.69 Å². The zero-order chi connectivity index (χ0) is 14.5. The van der Waals surface area contributed by atoms with Gasteiger partial charge in [-0.05, 0) is 49.9 Å². The molecule has 1 aromatic rings. The van der Waals surface area contributed by atoms with E-state index in [-0.39, 0.29) is 0 Å². The van der Waals surface area contributed by atoms with Crippen molar-refractivity contribution in [1.82, 2.24) is 5.32 Å². The summed E-state index contributed by atoms with van der Waals surface area (Å²) in [5.41, 5.74) is 2.48. The van der Waals surface area contributed by atoms with Crippen LogP contribution in [0, 0.1) is 0 Å². The molecule has 0 aliphatic carbocycles. The number of ether oxygens (including phenoxy) is 2. The Balaban J connectivity index is 1.46. The van der Waals surface area contributed by atoms with Gasteiger partial charge in [-0.15, -0.1) is 0 Å². The third kappa shape index (κ3) is 3.89. The second-order valence-electron chi connectivity index (χ2n) is 5.95. The fourth-order valence-corrected chi connectivity index (χ4v) is 2.95. The first kappa shape index (κ1) is 14.7. The van der Waals surface area contributed by atoms with Gasteiger partial charge in [0, 0.05) is 13.2 Å². The van der Waals surface area contributed by atoms with E-state index in [1.807, 2.05) is 0 Å². The lowest BCUT2D eigenvalue weighted by Gasteiger charge is -2.27. The minimum atomic E-state index is 0.302. The van der Waals surface area contributed by atoms with Crippen LogP contribution in [0.5, 0.6) is 5.75 Å². The van der Waals surface area contributed by atoms with Gasteiger partial charge in [0.05, 0.1) is 18.3 Å². The Labute approximate surface area is 127 Å². The number of anilines is 1. The molecule has 2 aliphatic rings. The lowest BCUT2D eigenvalue weighted by Crippen LogP contribution is -2.30. The average molecular weight is 290 g/mol. The molecule has 0 saturated carbocycles. The number of hydrogen-bond donors (Lipinski definition) is 2. The Kier molecular flexibility index (Phi) is 4.99. The van der Waals surface area contributed by atoms with Gasteiger partial charge < -0.3 is 20.1 Å². The topological polar surface area (TPSA) is 42.5 Å². The van der Waals surface area contributed by atoms with Crippen LogP contribution >= 0.6 is 0 Å². The van der Waals surface area contributed by atoms with E-state index in [0.717, 1.165) is 50.5 Å². The molecule has 0 radical (unpaired) electrons. The number of fused-ring (bicyclic) bond motifs is 1. The molecule has 4 heteroatoms. The van der Waals surface area contributed by atoms with Crippen molar-refractivity contribution in [2.45, 2.75) is 44.8 Å². The quantitative estimate of drug-likeness (QED) is 0.790. The highest BCUT2D eigenvalue weighted by molar-refractivity contribution is 5.59. The molecular weight excluding hydrogens is 264 g/mol. The van der Waals surface area contributed by atoms with Gasteiger partial charge in [-0.25, -0.2) is 0 Å². The third-order valence-electron chi connectivity index (χ3n) is 4.30. The Morgan fingerprint density at radius 3 is 3.10 bits per heavy atom.